The van der Waals surface area contributed by atoms with Crippen molar-refractivity contribution in [2.45, 2.75) is 33.4 Å². The third-order valence-electron chi connectivity index (χ3n) is 7.49. The number of likely N-dealkylation sites (N-methyl/N-ethyl adjacent to an activating group) is 1. The highest BCUT2D eigenvalue weighted by Gasteiger charge is 2.19. The van der Waals surface area contributed by atoms with Gasteiger partial charge in [0.2, 0.25) is 5.91 Å². The average molecular weight is 582 g/mol. The lowest BCUT2D eigenvalue weighted by molar-refractivity contribution is -0.117. The number of nitrogens with zero attached hydrogens (tertiary/aromatic N) is 4. The standard InChI is InChI=1S/C32H32FN7O3/c1-18-6-7-22(31(42)35-5)11-25(18)28-15-37-29(38-30(41)20(3)34-4)32(43)40(28)17-21-10-24(14-36-13-21)39-16-19(2)26-12-23(33)8-9-27(26)39/h6-16,20,34H,17H2,1-5H3,(H,35,42)(H,37,38,41)/t20-/m0/s1. The van der Waals surface area contributed by atoms with Crippen molar-refractivity contribution in [3.05, 3.63) is 106 Å². The van der Waals surface area contributed by atoms with Gasteiger partial charge in [-0.1, -0.05) is 6.07 Å². The number of anilines is 1. The summed E-state index contributed by atoms with van der Waals surface area (Å²) in [5.41, 5.74) is 5.03. The topological polar surface area (TPSA) is 123 Å². The van der Waals surface area contributed by atoms with Gasteiger partial charge in [0, 0.05) is 36.0 Å². The Hall–Kier alpha value is -5.16. The van der Waals surface area contributed by atoms with Crippen LogP contribution in [0, 0.1) is 19.7 Å². The van der Waals surface area contributed by atoms with E-state index in [1.165, 1.54) is 22.9 Å². The van der Waals surface area contributed by atoms with Crippen molar-refractivity contribution in [1.29, 1.82) is 0 Å². The largest absolute Gasteiger partial charge is 0.355 e. The minimum Gasteiger partial charge on any atom is -0.355 e. The second-order valence-electron chi connectivity index (χ2n) is 10.4. The van der Waals surface area contributed by atoms with Gasteiger partial charge in [0.25, 0.3) is 11.5 Å². The maximum Gasteiger partial charge on any atom is 0.294 e. The predicted octanol–water partition coefficient (Wildman–Crippen LogP) is 3.96. The summed E-state index contributed by atoms with van der Waals surface area (Å²) in [5, 5.41) is 8.89. The summed E-state index contributed by atoms with van der Waals surface area (Å²) in [6, 6.07) is 11.2. The van der Waals surface area contributed by atoms with Gasteiger partial charge in [0.15, 0.2) is 5.82 Å². The maximum absolute atomic E-state index is 13.9. The minimum absolute atomic E-state index is 0.0957. The Balaban J connectivity index is 1.63. The van der Waals surface area contributed by atoms with Crippen molar-refractivity contribution in [2.75, 3.05) is 19.4 Å². The molecule has 2 aromatic carbocycles. The van der Waals surface area contributed by atoms with Crippen LogP contribution >= 0.6 is 0 Å². The average Bonchev–Trinajstić information content (AvgIpc) is 3.34. The van der Waals surface area contributed by atoms with Gasteiger partial charge in [0.1, 0.15) is 5.82 Å². The van der Waals surface area contributed by atoms with Crippen molar-refractivity contribution in [3.8, 4) is 16.9 Å². The summed E-state index contributed by atoms with van der Waals surface area (Å²) in [6.45, 7) is 5.57. The van der Waals surface area contributed by atoms with E-state index in [9.17, 15) is 18.8 Å². The predicted molar refractivity (Wildman–Crippen MR) is 164 cm³/mol. The molecule has 3 heterocycles. The van der Waals surface area contributed by atoms with Crippen LogP contribution in [0.2, 0.25) is 0 Å². The highest BCUT2D eigenvalue weighted by molar-refractivity contribution is 5.96. The molecule has 0 unspecified atom stereocenters. The van der Waals surface area contributed by atoms with Gasteiger partial charge in [-0.05, 0) is 80.9 Å². The molecule has 5 rings (SSSR count). The van der Waals surface area contributed by atoms with E-state index in [4.69, 9.17) is 0 Å². The van der Waals surface area contributed by atoms with E-state index >= 15 is 0 Å². The van der Waals surface area contributed by atoms with Crippen molar-refractivity contribution in [3.63, 3.8) is 0 Å². The number of benzene rings is 2. The number of halogens is 1. The first kappa shape index (κ1) is 29.3. The monoisotopic (exact) mass is 581 g/mol. The summed E-state index contributed by atoms with van der Waals surface area (Å²) in [6.07, 6.45) is 6.79. The van der Waals surface area contributed by atoms with Gasteiger partial charge < -0.3 is 20.5 Å². The van der Waals surface area contributed by atoms with Gasteiger partial charge in [-0.25, -0.2) is 9.37 Å². The fourth-order valence-electron chi connectivity index (χ4n) is 4.94. The number of hydrogen-bond donors (Lipinski definition) is 3. The van der Waals surface area contributed by atoms with Crippen LogP contribution in [0.4, 0.5) is 10.2 Å². The van der Waals surface area contributed by atoms with Crippen LogP contribution in [0.3, 0.4) is 0 Å². The Bertz CT molecular complexity index is 1930. The van der Waals surface area contributed by atoms with Crippen LogP contribution in [0.25, 0.3) is 27.8 Å². The molecule has 3 aromatic heterocycles. The third kappa shape index (κ3) is 5.80. The molecule has 0 aliphatic rings. The van der Waals surface area contributed by atoms with E-state index in [-0.39, 0.29) is 24.1 Å². The number of aryl methyl sites for hydroxylation is 2. The molecule has 3 N–H and O–H groups in total. The Morgan fingerprint density at radius 3 is 2.53 bits per heavy atom. The zero-order valence-corrected chi connectivity index (χ0v) is 24.5. The van der Waals surface area contributed by atoms with Crippen LogP contribution in [0.15, 0.2) is 72.0 Å². The van der Waals surface area contributed by atoms with Gasteiger partial charge in [-0.3, -0.25) is 23.9 Å². The highest BCUT2D eigenvalue weighted by Crippen LogP contribution is 2.27. The van der Waals surface area contributed by atoms with Crippen LogP contribution in [-0.2, 0) is 11.3 Å². The van der Waals surface area contributed by atoms with Crippen molar-refractivity contribution >= 4 is 28.5 Å². The molecule has 1 atom stereocenters. The zero-order valence-electron chi connectivity index (χ0n) is 24.5. The second-order valence-corrected chi connectivity index (χ2v) is 10.4. The maximum atomic E-state index is 13.9. The normalized spacial score (nSPS) is 11.9. The molecule has 11 heteroatoms. The summed E-state index contributed by atoms with van der Waals surface area (Å²) in [5.74, 6) is -1.10. The molecule has 0 aliphatic heterocycles. The zero-order chi connectivity index (χ0) is 30.8. The van der Waals surface area contributed by atoms with E-state index in [0.717, 1.165) is 27.7 Å². The minimum atomic E-state index is -0.546. The van der Waals surface area contributed by atoms with Gasteiger partial charge in [-0.2, -0.15) is 0 Å². The molecule has 0 bridgehead atoms. The van der Waals surface area contributed by atoms with E-state index < -0.39 is 17.5 Å². The number of nitrogens with one attached hydrogen (secondary N) is 3. The Morgan fingerprint density at radius 2 is 1.79 bits per heavy atom. The lowest BCUT2D eigenvalue weighted by Crippen LogP contribution is -2.38. The summed E-state index contributed by atoms with van der Waals surface area (Å²) in [4.78, 5) is 47.7. The van der Waals surface area contributed by atoms with E-state index in [2.05, 4.69) is 25.9 Å². The summed E-state index contributed by atoms with van der Waals surface area (Å²) in [7, 11) is 3.20. The SMILES string of the molecule is CNC(=O)c1ccc(C)c(-c2cnc(NC(=O)[C@H](C)NC)c(=O)n2Cc2cncc(-n3cc(C)c4cc(F)ccc43)c2)c1. The molecule has 10 nitrogen and oxygen atoms in total. The van der Waals surface area contributed by atoms with E-state index in [1.807, 2.05) is 36.7 Å². The number of hydrogen-bond acceptors (Lipinski definition) is 6. The van der Waals surface area contributed by atoms with E-state index in [1.54, 1.807) is 51.6 Å². The van der Waals surface area contributed by atoms with Gasteiger partial charge >= 0.3 is 0 Å². The van der Waals surface area contributed by atoms with Gasteiger partial charge in [0.05, 0.1) is 41.9 Å². The Morgan fingerprint density at radius 1 is 1.00 bits per heavy atom. The molecule has 220 valence electrons. The lowest BCUT2D eigenvalue weighted by Gasteiger charge is -2.18. The molecule has 43 heavy (non-hydrogen) atoms. The van der Waals surface area contributed by atoms with Crippen LogP contribution in [0.5, 0.6) is 0 Å². The molecule has 0 spiro atoms. The molecule has 0 fully saturated rings. The van der Waals surface area contributed by atoms with Crippen molar-refractivity contribution in [1.82, 2.24) is 29.7 Å². The molecule has 5 aromatic rings. The quantitative estimate of drug-likeness (QED) is 0.255. The number of fused-ring (bicyclic) bond motifs is 1. The molecule has 0 aliphatic carbocycles. The Kier molecular flexibility index (Phi) is 8.18. The number of pyridine rings is 1. The number of carbonyl (C=O) groups excluding carboxylic acids is 2. The second kappa shape index (κ2) is 12.0. The lowest BCUT2D eigenvalue weighted by atomic mass is 10.0. The molecule has 0 saturated carbocycles. The highest BCUT2D eigenvalue weighted by atomic mass is 19.1. The Labute approximate surface area is 247 Å². The van der Waals surface area contributed by atoms with Crippen LogP contribution in [-0.4, -0.2) is 51.1 Å². The van der Waals surface area contributed by atoms with Crippen LogP contribution in [0.1, 0.15) is 34.0 Å². The van der Waals surface area contributed by atoms with E-state index in [0.29, 0.717) is 22.4 Å². The molecule has 0 radical (unpaired) electrons. The molecule has 2 amide bonds. The first-order valence-corrected chi connectivity index (χ1v) is 13.7. The number of amides is 2. The number of rotatable bonds is 8. The summed E-state index contributed by atoms with van der Waals surface area (Å²) >= 11 is 0. The smallest absolute Gasteiger partial charge is 0.294 e. The van der Waals surface area contributed by atoms with Gasteiger partial charge in [-0.15, -0.1) is 0 Å². The number of aromatic nitrogens is 4. The summed E-state index contributed by atoms with van der Waals surface area (Å²) < 4.78 is 17.4. The van der Waals surface area contributed by atoms with Crippen molar-refractivity contribution in [2.24, 2.45) is 0 Å². The molecule has 0 saturated heterocycles. The fraction of sp³-hybridized carbons (Fsp3) is 0.219. The number of carbonyl (C=O) groups is 2. The first-order valence-electron chi connectivity index (χ1n) is 13.7. The first-order chi connectivity index (χ1) is 20.6. The fourth-order valence-corrected chi connectivity index (χ4v) is 4.94. The van der Waals surface area contributed by atoms with Crippen molar-refractivity contribution < 1.29 is 14.0 Å². The third-order valence-corrected chi connectivity index (χ3v) is 7.49. The molecular weight excluding hydrogens is 549 g/mol. The van der Waals surface area contributed by atoms with Crippen LogP contribution < -0.4 is 21.5 Å². The molecular formula is C32H32FN7O3.